The molecule has 3 rings (SSSR count). The number of nitrogens with zero attached hydrogens (tertiary/aromatic N) is 1. The molecule has 6 heteroatoms. The highest BCUT2D eigenvalue weighted by atomic mass is 16.3. The van der Waals surface area contributed by atoms with Gasteiger partial charge in [-0.15, -0.1) is 0 Å². The molecule has 0 bridgehead atoms. The van der Waals surface area contributed by atoms with Crippen molar-refractivity contribution in [2.75, 3.05) is 10.6 Å². The molecule has 6 nitrogen and oxygen atoms in total. The van der Waals surface area contributed by atoms with Gasteiger partial charge in [-0.25, -0.2) is 0 Å². The molecule has 0 saturated heterocycles. The van der Waals surface area contributed by atoms with Gasteiger partial charge in [-0.1, -0.05) is 6.92 Å². The quantitative estimate of drug-likeness (QED) is 0.566. The second kappa shape index (κ2) is 7.09. The average molecular weight is 336 g/mol. The lowest BCUT2D eigenvalue weighted by molar-refractivity contribution is -0.114. The summed E-state index contributed by atoms with van der Waals surface area (Å²) in [6.07, 6.45) is 0.824. The van der Waals surface area contributed by atoms with Gasteiger partial charge in [-0.3, -0.25) is 9.89 Å². The molecular weight excluding hydrogens is 316 g/mol. The Morgan fingerprint density at radius 2 is 1.92 bits per heavy atom. The van der Waals surface area contributed by atoms with Gasteiger partial charge in [-0.05, 0) is 60.0 Å². The summed E-state index contributed by atoms with van der Waals surface area (Å²) in [7, 11) is 0. The normalized spacial score (nSPS) is 10.5. The first kappa shape index (κ1) is 16.6. The van der Waals surface area contributed by atoms with Crippen molar-refractivity contribution in [1.82, 2.24) is 10.2 Å². The van der Waals surface area contributed by atoms with E-state index in [1.807, 2.05) is 36.4 Å². The third-order valence-electron chi connectivity index (χ3n) is 3.83. The first-order chi connectivity index (χ1) is 12.0. The third kappa shape index (κ3) is 3.98. The number of amides is 1. The van der Waals surface area contributed by atoms with E-state index < -0.39 is 0 Å². The molecule has 128 valence electrons. The number of aromatic amines is 1. The van der Waals surface area contributed by atoms with Crippen LogP contribution >= 0.6 is 0 Å². The van der Waals surface area contributed by atoms with Crippen LogP contribution in [0, 0.1) is 0 Å². The number of benzene rings is 2. The summed E-state index contributed by atoms with van der Waals surface area (Å²) in [6.45, 7) is 3.55. The first-order valence-corrected chi connectivity index (χ1v) is 8.07. The Kier molecular flexibility index (Phi) is 4.70. The zero-order valence-corrected chi connectivity index (χ0v) is 14.1. The van der Waals surface area contributed by atoms with E-state index in [1.54, 1.807) is 12.1 Å². The van der Waals surface area contributed by atoms with Gasteiger partial charge >= 0.3 is 0 Å². The lowest BCUT2D eigenvalue weighted by atomic mass is 10.1. The summed E-state index contributed by atoms with van der Waals surface area (Å²) in [5, 5.41) is 22.7. The number of hydrogen-bond donors (Lipinski definition) is 4. The summed E-state index contributed by atoms with van der Waals surface area (Å²) >= 11 is 0. The Morgan fingerprint density at radius 1 is 1.16 bits per heavy atom. The molecule has 1 amide bonds. The highest BCUT2D eigenvalue weighted by Crippen LogP contribution is 2.27. The van der Waals surface area contributed by atoms with Gasteiger partial charge in [0.15, 0.2) is 5.82 Å². The monoisotopic (exact) mass is 336 g/mol. The van der Waals surface area contributed by atoms with Crippen molar-refractivity contribution in [3.63, 3.8) is 0 Å². The zero-order valence-electron chi connectivity index (χ0n) is 14.1. The van der Waals surface area contributed by atoms with Crippen LogP contribution in [0.1, 0.15) is 19.4 Å². The maximum atomic E-state index is 11.2. The summed E-state index contributed by atoms with van der Waals surface area (Å²) in [5.74, 6) is 0.840. The minimum absolute atomic E-state index is 0.0893. The molecule has 0 atom stereocenters. The van der Waals surface area contributed by atoms with Crippen molar-refractivity contribution in [1.29, 1.82) is 0 Å². The fourth-order valence-corrected chi connectivity index (χ4v) is 2.60. The van der Waals surface area contributed by atoms with Crippen LogP contribution in [0.3, 0.4) is 0 Å². The smallest absolute Gasteiger partial charge is 0.221 e. The van der Waals surface area contributed by atoms with Gasteiger partial charge in [0.05, 0.1) is 5.69 Å². The van der Waals surface area contributed by atoms with Gasteiger partial charge in [0.25, 0.3) is 0 Å². The number of nitrogens with one attached hydrogen (secondary N) is 3. The summed E-state index contributed by atoms with van der Waals surface area (Å²) in [4.78, 5) is 11.2. The number of H-pyrrole nitrogens is 1. The van der Waals surface area contributed by atoms with Crippen LogP contribution in [0.15, 0.2) is 48.5 Å². The van der Waals surface area contributed by atoms with Crippen LogP contribution in [0.4, 0.5) is 17.2 Å². The zero-order chi connectivity index (χ0) is 17.8. The van der Waals surface area contributed by atoms with Crippen molar-refractivity contribution < 1.29 is 9.90 Å². The van der Waals surface area contributed by atoms with Gasteiger partial charge < -0.3 is 15.7 Å². The van der Waals surface area contributed by atoms with Crippen LogP contribution in [0.25, 0.3) is 11.3 Å². The van der Waals surface area contributed by atoms with Crippen LogP contribution in [-0.4, -0.2) is 21.2 Å². The topological polar surface area (TPSA) is 90.0 Å². The molecule has 0 aliphatic heterocycles. The van der Waals surface area contributed by atoms with E-state index in [2.05, 4.69) is 27.8 Å². The predicted octanol–water partition coefficient (Wildman–Crippen LogP) is 4.05. The molecule has 0 aliphatic carbocycles. The minimum Gasteiger partial charge on any atom is -0.508 e. The molecule has 1 heterocycles. The van der Waals surface area contributed by atoms with E-state index in [0.29, 0.717) is 5.82 Å². The summed E-state index contributed by atoms with van der Waals surface area (Å²) < 4.78 is 0. The predicted molar refractivity (Wildman–Crippen MR) is 99.1 cm³/mol. The molecule has 0 unspecified atom stereocenters. The number of carbonyl (C=O) groups is 1. The molecule has 3 aromatic rings. The van der Waals surface area contributed by atoms with Gasteiger partial charge in [0.2, 0.25) is 5.91 Å². The van der Waals surface area contributed by atoms with E-state index in [-0.39, 0.29) is 11.7 Å². The lowest BCUT2D eigenvalue weighted by Gasteiger charge is -2.11. The Hall–Kier alpha value is -3.28. The number of aromatic hydroxyl groups is 1. The Balaban J connectivity index is 1.80. The number of rotatable bonds is 5. The first-order valence-electron chi connectivity index (χ1n) is 8.07. The molecular formula is C19H20N4O2. The molecule has 4 N–H and O–H groups in total. The Morgan fingerprint density at radius 3 is 2.60 bits per heavy atom. The van der Waals surface area contributed by atoms with Crippen molar-refractivity contribution in [2.45, 2.75) is 20.3 Å². The standard InChI is InChI=1S/C19H20N4O2/c1-3-13-10-15(20-12(2)24)6-9-17(13)21-19-11-18(22-23-19)14-4-7-16(25)8-5-14/h4-11,25H,3H2,1-2H3,(H,20,24)(H2,21,22,23). The van der Waals surface area contributed by atoms with Crippen LogP contribution in [-0.2, 0) is 11.2 Å². The van der Waals surface area contributed by atoms with E-state index in [9.17, 15) is 9.90 Å². The molecule has 0 aliphatic rings. The molecule has 2 aromatic carbocycles. The fraction of sp³-hybridized carbons (Fsp3) is 0.158. The second-order valence-electron chi connectivity index (χ2n) is 5.75. The summed E-state index contributed by atoms with van der Waals surface area (Å²) in [6, 6.07) is 14.6. The van der Waals surface area contributed by atoms with Crippen molar-refractivity contribution >= 4 is 23.1 Å². The molecule has 25 heavy (non-hydrogen) atoms. The number of aromatic nitrogens is 2. The van der Waals surface area contributed by atoms with Crippen LogP contribution in [0.2, 0.25) is 0 Å². The summed E-state index contributed by atoms with van der Waals surface area (Å²) in [5.41, 5.74) is 4.60. The minimum atomic E-state index is -0.0893. The lowest BCUT2D eigenvalue weighted by Crippen LogP contribution is -2.06. The number of hydrogen-bond acceptors (Lipinski definition) is 4. The van der Waals surface area contributed by atoms with E-state index in [1.165, 1.54) is 6.92 Å². The second-order valence-corrected chi connectivity index (χ2v) is 5.75. The highest BCUT2D eigenvalue weighted by molar-refractivity contribution is 5.89. The maximum Gasteiger partial charge on any atom is 0.221 e. The number of anilines is 3. The van der Waals surface area contributed by atoms with Crippen LogP contribution in [0.5, 0.6) is 5.75 Å². The Bertz CT molecular complexity index is 885. The van der Waals surface area contributed by atoms with Gasteiger partial charge in [0.1, 0.15) is 5.75 Å². The van der Waals surface area contributed by atoms with E-state index >= 15 is 0 Å². The maximum absolute atomic E-state index is 11.2. The highest BCUT2D eigenvalue weighted by Gasteiger charge is 2.08. The number of phenols is 1. The largest absolute Gasteiger partial charge is 0.508 e. The fourth-order valence-electron chi connectivity index (χ4n) is 2.60. The third-order valence-corrected chi connectivity index (χ3v) is 3.83. The van der Waals surface area contributed by atoms with E-state index in [4.69, 9.17) is 0 Å². The molecule has 0 saturated carbocycles. The van der Waals surface area contributed by atoms with Crippen LogP contribution < -0.4 is 10.6 Å². The van der Waals surface area contributed by atoms with Crippen molar-refractivity contribution in [3.05, 3.63) is 54.1 Å². The molecule has 0 radical (unpaired) electrons. The number of phenolic OH excluding ortho intramolecular Hbond substituents is 1. The van der Waals surface area contributed by atoms with Gasteiger partial charge in [0, 0.05) is 24.4 Å². The van der Waals surface area contributed by atoms with Gasteiger partial charge in [-0.2, -0.15) is 5.10 Å². The van der Waals surface area contributed by atoms with Crippen molar-refractivity contribution in [2.24, 2.45) is 0 Å². The number of carbonyl (C=O) groups excluding carboxylic acids is 1. The van der Waals surface area contributed by atoms with Crippen molar-refractivity contribution in [3.8, 4) is 17.0 Å². The number of aryl methyl sites for hydroxylation is 1. The Labute approximate surface area is 145 Å². The SMILES string of the molecule is CCc1cc(NC(C)=O)ccc1Nc1cc(-c2ccc(O)cc2)[nH]n1. The van der Waals surface area contributed by atoms with E-state index in [0.717, 1.165) is 34.6 Å². The average Bonchev–Trinajstić information content (AvgIpc) is 3.05. The molecule has 1 aromatic heterocycles. The molecule has 0 fully saturated rings. The molecule has 0 spiro atoms.